The molecule has 0 aliphatic heterocycles. The van der Waals surface area contributed by atoms with Gasteiger partial charge in [-0.15, -0.1) is 46.3 Å². The van der Waals surface area contributed by atoms with E-state index in [1.54, 1.807) is 29.0 Å². The second-order valence-electron chi connectivity index (χ2n) is 14.6. The van der Waals surface area contributed by atoms with E-state index in [4.69, 9.17) is 9.97 Å². The van der Waals surface area contributed by atoms with Crippen molar-refractivity contribution >= 4 is 80.3 Å². The Morgan fingerprint density at radius 2 is 1.49 bits per heavy atom. The smallest absolute Gasteiger partial charge is 0.164 e. The molecule has 1 radical (unpaired) electrons. The molecule has 6 rings (SSSR count). The van der Waals surface area contributed by atoms with Crippen LogP contribution in [0.1, 0.15) is 104 Å². The van der Waals surface area contributed by atoms with Crippen LogP contribution in [0.2, 0.25) is 0 Å². The Kier molecular flexibility index (Phi) is 12.0. The maximum Gasteiger partial charge on any atom is 0.164 e. The molecule has 0 amide bonds. The SMILES string of the molecule is CCC(C)(CC)C(=O)/C=C(\O)C(C)(CC)CC.Cc1sc2cc3sc4c(-c5[c-]c6ccsc6c(C(C)(C)C)c5)ncnc4c3cc2c1C.[Ir]. The minimum absolute atomic E-state index is 0. The molecule has 263 valence electrons. The second-order valence-corrected chi connectivity index (χ2v) is 17.8. The van der Waals surface area contributed by atoms with Crippen molar-refractivity contribution < 1.29 is 30.0 Å². The fourth-order valence-corrected chi connectivity index (χ4v) is 9.40. The summed E-state index contributed by atoms with van der Waals surface area (Å²) < 4.78 is 5.10. The summed E-state index contributed by atoms with van der Waals surface area (Å²) in [6, 6.07) is 12.8. The van der Waals surface area contributed by atoms with Gasteiger partial charge in [-0.1, -0.05) is 73.4 Å². The molecule has 0 unspecified atom stereocenters. The number of fused-ring (bicyclic) bond motifs is 5. The molecule has 49 heavy (non-hydrogen) atoms. The molecular weight excluding hydrogens is 841 g/mol. The fourth-order valence-electron chi connectivity index (χ4n) is 5.98. The molecule has 0 fully saturated rings. The monoisotopic (exact) mass is 890 g/mol. The first-order chi connectivity index (χ1) is 22.6. The van der Waals surface area contributed by atoms with Gasteiger partial charge in [0.25, 0.3) is 0 Å². The van der Waals surface area contributed by atoms with Gasteiger partial charge in [-0.25, -0.2) is 4.98 Å². The third-order valence-corrected chi connectivity index (χ3v) is 13.9. The Hall–Kier alpha value is -2.48. The predicted molar refractivity (Wildman–Crippen MR) is 211 cm³/mol. The number of ketones is 1. The van der Waals surface area contributed by atoms with Gasteiger partial charge in [0.05, 0.1) is 5.52 Å². The molecule has 0 atom stereocenters. The molecule has 0 spiro atoms. The summed E-state index contributed by atoms with van der Waals surface area (Å²) in [6.07, 6.45) is 6.46. The molecule has 4 nitrogen and oxygen atoms in total. The molecule has 0 aliphatic carbocycles. The first kappa shape index (κ1) is 39.3. The Morgan fingerprint density at radius 3 is 2.10 bits per heavy atom. The van der Waals surface area contributed by atoms with Crippen molar-refractivity contribution in [2.75, 3.05) is 0 Å². The van der Waals surface area contributed by atoms with Gasteiger partial charge in [0.2, 0.25) is 0 Å². The molecule has 6 aromatic rings. The molecule has 0 bridgehead atoms. The summed E-state index contributed by atoms with van der Waals surface area (Å²) >= 11 is 5.47. The maximum absolute atomic E-state index is 12.2. The number of thiophene rings is 3. The zero-order chi connectivity index (χ0) is 35.2. The molecule has 0 saturated carbocycles. The van der Waals surface area contributed by atoms with E-state index in [1.807, 2.05) is 52.9 Å². The summed E-state index contributed by atoms with van der Waals surface area (Å²) in [7, 11) is 0. The Morgan fingerprint density at radius 1 is 0.857 bits per heavy atom. The predicted octanol–water partition coefficient (Wildman–Crippen LogP) is 13.3. The van der Waals surface area contributed by atoms with Gasteiger partial charge < -0.3 is 5.11 Å². The Balaban J connectivity index is 0.000000260. The number of aryl methyl sites for hydroxylation is 2. The topological polar surface area (TPSA) is 63.1 Å². The van der Waals surface area contributed by atoms with Crippen LogP contribution in [0.5, 0.6) is 0 Å². The number of aliphatic hydroxyl groups excluding tert-OH is 1. The van der Waals surface area contributed by atoms with Crippen LogP contribution in [0.3, 0.4) is 0 Å². The van der Waals surface area contributed by atoms with E-state index in [0.717, 1.165) is 47.2 Å². The van der Waals surface area contributed by atoms with Gasteiger partial charge in [0.1, 0.15) is 12.1 Å². The number of hydrogen-bond donors (Lipinski definition) is 1. The van der Waals surface area contributed by atoms with Gasteiger partial charge in [-0.05, 0) is 78.1 Å². The van der Waals surface area contributed by atoms with Crippen LogP contribution in [0, 0.1) is 30.7 Å². The van der Waals surface area contributed by atoms with E-state index in [-0.39, 0.29) is 47.9 Å². The zero-order valence-electron chi connectivity index (χ0n) is 30.7. The van der Waals surface area contributed by atoms with Crippen molar-refractivity contribution in [1.82, 2.24) is 9.97 Å². The summed E-state index contributed by atoms with van der Waals surface area (Å²) in [4.78, 5) is 23.0. The maximum atomic E-state index is 12.2. The molecular formula is C41H49IrN2O2S3-. The van der Waals surface area contributed by atoms with Crippen molar-refractivity contribution in [1.29, 1.82) is 0 Å². The normalized spacial score (nSPS) is 12.8. The van der Waals surface area contributed by atoms with Crippen LogP contribution in [0.15, 0.2) is 47.8 Å². The molecule has 1 N–H and O–H groups in total. The second kappa shape index (κ2) is 15.0. The number of carbonyl (C=O) groups excluding carboxylic acids is 1. The van der Waals surface area contributed by atoms with Crippen LogP contribution < -0.4 is 0 Å². The van der Waals surface area contributed by atoms with Gasteiger partial charge in [0.15, 0.2) is 5.78 Å². The van der Waals surface area contributed by atoms with Gasteiger partial charge in [-0.3, -0.25) is 9.78 Å². The Labute approximate surface area is 317 Å². The van der Waals surface area contributed by atoms with E-state index in [2.05, 4.69) is 70.3 Å². The number of allylic oxidation sites excluding steroid dienone is 2. The van der Waals surface area contributed by atoms with Crippen molar-refractivity contribution in [2.24, 2.45) is 10.8 Å². The minimum atomic E-state index is -0.337. The van der Waals surface area contributed by atoms with E-state index < -0.39 is 0 Å². The third kappa shape index (κ3) is 7.46. The number of rotatable bonds is 8. The van der Waals surface area contributed by atoms with Crippen LogP contribution in [-0.4, -0.2) is 20.9 Å². The minimum Gasteiger partial charge on any atom is -0.512 e. The van der Waals surface area contributed by atoms with E-state index in [9.17, 15) is 9.90 Å². The largest absolute Gasteiger partial charge is 0.512 e. The molecule has 8 heteroatoms. The number of benzene rings is 2. The van der Waals surface area contributed by atoms with Gasteiger partial charge >= 0.3 is 0 Å². The summed E-state index contributed by atoms with van der Waals surface area (Å²) in [5.41, 5.74) is 5.27. The van der Waals surface area contributed by atoms with E-state index in [1.165, 1.54) is 52.3 Å². The Bertz CT molecular complexity index is 2150. The van der Waals surface area contributed by atoms with Crippen molar-refractivity contribution in [3.8, 4) is 11.3 Å². The average molecular weight is 890 g/mol. The molecule has 4 heterocycles. The number of aliphatic hydroxyl groups is 1. The third-order valence-electron chi connectivity index (χ3n) is 10.7. The van der Waals surface area contributed by atoms with Crippen LogP contribution >= 0.6 is 34.0 Å². The van der Waals surface area contributed by atoms with Crippen molar-refractivity contribution in [3.63, 3.8) is 0 Å². The van der Waals surface area contributed by atoms with Gasteiger partial charge in [-0.2, -0.15) is 11.3 Å². The number of carbonyl (C=O) groups is 1. The number of aromatic nitrogens is 2. The molecule has 2 aromatic carbocycles. The van der Waals surface area contributed by atoms with Crippen molar-refractivity contribution in [3.05, 3.63) is 69.9 Å². The van der Waals surface area contributed by atoms with Gasteiger partial charge in [0, 0.05) is 67.1 Å². The summed E-state index contributed by atoms with van der Waals surface area (Å²) in [5.74, 6) is 0.286. The first-order valence-electron chi connectivity index (χ1n) is 17.1. The van der Waals surface area contributed by atoms with Crippen molar-refractivity contribution in [2.45, 2.75) is 107 Å². The van der Waals surface area contributed by atoms with Crippen LogP contribution in [0.4, 0.5) is 0 Å². The molecule has 0 aliphatic rings. The summed E-state index contributed by atoms with van der Waals surface area (Å²) in [5, 5.41) is 16.0. The number of hydrogen-bond acceptors (Lipinski definition) is 7. The molecule has 0 saturated heterocycles. The average Bonchev–Trinajstić information content (AvgIpc) is 3.77. The first-order valence-corrected chi connectivity index (χ1v) is 19.6. The molecule has 4 aromatic heterocycles. The fraction of sp³-hybridized carbons (Fsp3) is 0.439. The van der Waals surface area contributed by atoms with Crippen LogP contribution in [-0.2, 0) is 30.3 Å². The standard InChI is InChI=1S/C26H21N2S3.C15H28O2.Ir/c1-13-14(2)30-20-11-21-18(10-17(13)20)23-25(31-21)22(27-12-28-23)16-8-15-6-7-29-24(15)19(9-16)26(3,4)5;1-7-14(5,8-2)12(16)11-13(17)15(6,9-3)10-4;/h6-7,9-12H,1-5H3;11,16H,7-10H2,1-6H3;/q-1;;/b;12-11-;. The number of nitrogens with zero attached hydrogens (tertiary/aromatic N) is 2. The quantitative estimate of drug-likeness (QED) is 0.0939. The van der Waals surface area contributed by atoms with E-state index in [0.29, 0.717) is 0 Å². The van der Waals surface area contributed by atoms with E-state index >= 15 is 0 Å². The summed E-state index contributed by atoms with van der Waals surface area (Å²) in [6.45, 7) is 23.3. The van der Waals surface area contributed by atoms with Crippen LogP contribution in [0.25, 0.3) is 51.7 Å². The zero-order valence-corrected chi connectivity index (χ0v) is 35.5.